The fraction of sp³-hybridized carbons (Fsp3) is 0.556. The molecule has 3 aliphatic rings. The second-order valence-corrected chi connectivity index (χ2v) is 20.9. The molecule has 0 amide bonds. The van der Waals surface area contributed by atoms with E-state index in [1.54, 1.807) is 0 Å². The molecule has 0 unspecified atom stereocenters. The van der Waals surface area contributed by atoms with Crippen molar-refractivity contribution in [2.45, 2.75) is 88.1 Å². The second kappa shape index (κ2) is 9.88. The summed E-state index contributed by atoms with van der Waals surface area (Å²) in [6.45, 7) is 7.06. The van der Waals surface area contributed by atoms with Crippen molar-refractivity contribution in [1.29, 1.82) is 0 Å². The quantitative estimate of drug-likeness (QED) is 0.263. The summed E-state index contributed by atoms with van der Waals surface area (Å²) >= 11 is -2.41. The van der Waals surface area contributed by atoms with Crippen LogP contribution < -0.4 is 0 Å². The first-order chi connectivity index (χ1) is 13.7. The molecule has 0 aliphatic heterocycles. The van der Waals surface area contributed by atoms with E-state index in [0.29, 0.717) is 9.51 Å². The molecular formula is C27H39In. The molecule has 0 N–H and O–H groups in total. The Labute approximate surface area is 181 Å². The van der Waals surface area contributed by atoms with Gasteiger partial charge in [-0.15, -0.1) is 0 Å². The Bertz CT molecular complexity index is 554. The van der Waals surface area contributed by atoms with Gasteiger partial charge >= 0.3 is 182 Å². The van der Waals surface area contributed by atoms with Gasteiger partial charge in [0.25, 0.3) is 0 Å². The molecule has 0 aromatic heterocycles. The van der Waals surface area contributed by atoms with E-state index < -0.39 is 21.4 Å². The third-order valence-corrected chi connectivity index (χ3v) is 22.2. The van der Waals surface area contributed by atoms with Crippen LogP contribution in [0.25, 0.3) is 0 Å². The van der Waals surface area contributed by atoms with Crippen molar-refractivity contribution >= 4 is 21.4 Å². The Morgan fingerprint density at radius 1 is 0.464 bits per heavy atom. The van der Waals surface area contributed by atoms with Crippen LogP contribution in [0, 0.1) is 0 Å². The van der Waals surface area contributed by atoms with Gasteiger partial charge < -0.3 is 0 Å². The van der Waals surface area contributed by atoms with Crippen LogP contribution in [0.4, 0.5) is 0 Å². The zero-order chi connectivity index (χ0) is 19.9. The van der Waals surface area contributed by atoms with Crippen molar-refractivity contribution in [3.8, 4) is 0 Å². The maximum atomic E-state index is 2.64. The number of rotatable bonds is 12. The normalized spacial score (nSPS) is 22.0. The first-order valence-electron chi connectivity index (χ1n) is 11.8. The van der Waals surface area contributed by atoms with Gasteiger partial charge in [-0.2, -0.15) is 0 Å². The molecule has 0 heterocycles. The predicted molar refractivity (Wildman–Crippen MR) is 127 cm³/mol. The second-order valence-electron chi connectivity index (χ2n) is 9.24. The molecule has 0 fully saturated rings. The van der Waals surface area contributed by atoms with Crippen molar-refractivity contribution in [1.82, 2.24) is 0 Å². The van der Waals surface area contributed by atoms with Gasteiger partial charge in [0.05, 0.1) is 0 Å². The Balaban J connectivity index is 2.13. The van der Waals surface area contributed by atoms with Crippen molar-refractivity contribution in [2.75, 3.05) is 0 Å². The molecule has 28 heavy (non-hydrogen) atoms. The molecule has 3 rings (SSSR count). The van der Waals surface area contributed by atoms with Crippen LogP contribution in [0.3, 0.4) is 0 Å². The molecule has 1 heteroatoms. The average Bonchev–Trinajstić information content (AvgIpc) is 3.47. The summed E-state index contributed by atoms with van der Waals surface area (Å²) in [7, 11) is 0. The van der Waals surface area contributed by atoms with Gasteiger partial charge in [0.2, 0.25) is 0 Å². The summed E-state index contributed by atoms with van der Waals surface area (Å²) < 4.78 is 1.08. The van der Waals surface area contributed by atoms with E-state index in [1.807, 2.05) is 0 Å². The Morgan fingerprint density at radius 2 is 0.714 bits per heavy atom. The number of unbranched alkanes of at least 4 members (excludes halogenated alkanes) is 3. The van der Waals surface area contributed by atoms with Crippen LogP contribution in [0.1, 0.15) is 78.6 Å². The molecule has 0 saturated heterocycles. The Hall–Kier alpha value is -0.690. The van der Waals surface area contributed by atoms with Gasteiger partial charge in [0.15, 0.2) is 0 Å². The summed E-state index contributed by atoms with van der Waals surface area (Å²) in [5, 5.41) is 0. The van der Waals surface area contributed by atoms with E-state index in [-0.39, 0.29) is 0 Å². The Morgan fingerprint density at radius 3 is 0.929 bits per heavy atom. The first-order valence-corrected chi connectivity index (χ1v) is 16.7. The molecule has 0 nitrogen and oxygen atoms in total. The van der Waals surface area contributed by atoms with E-state index in [1.165, 1.54) is 57.8 Å². The molecule has 150 valence electrons. The third kappa shape index (κ3) is 4.25. The van der Waals surface area contributed by atoms with Gasteiger partial charge in [-0.25, -0.2) is 0 Å². The summed E-state index contributed by atoms with van der Waals surface area (Å²) in [5.41, 5.74) is 0. The molecule has 0 atom stereocenters. The molecule has 0 bridgehead atoms. The van der Waals surface area contributed by atoms with E-state index in [2.05, 4.69) is 93.7 Å². The van der Waals surface area contributed by atoms with E-state index in [0.717, 1.165) is 0 Å². The number of hydrogen-bond donors (Lipinski definition) is 0. The predicted octanol–water partition coefficient (Wildman–Crippen LogP) is 8.65. The van der Waals surface area contributed by atoms with Crippen LogP contribution >= 0.6 is 0 Å². The Kier molecular flexibility index (Phi) is 7.76. The fourth-order valence-corrected chi connectivity index (χ4v) is 24.0. The number of allylic oxidation sites excluding steroid dienone is 12. The van der Waals surface area contributed by atoms with Crippen LogP contribution in [0.5, 0.6) is 0 Å². The topological polar surface area (TPSA) is 0 Å². The molecule has 0 radical (unpaired) electrons. The third-order valence-electron chi connectivity index (χ3n) is 7.27. The fourth-order valence-electron chi connectivity index (χ4n) is 6.04. The number of hydrogen-bond acceptors (Lipinski definition) is 0. The first kappa shape index (κ1) is 22.0. The van der Waals surface area contributed by atoms with Gasteiger partial charge in [0.1, 0.15) is 0 Å². The van der Waals surface area contributed by atoms with Gasteiger partial charge in [-0.3, -0.25) is 0 Å². The summed E-state index contributed by atoms with van der Waals surface area (Å²) in [4.78, 5) is 0. The van der Waals surface area contributed by atoms with E-state index in [9.17, 15) is 0 Å². The van der Waals surface area contributed by atoms with Crippen LogP contribution in [-0.2, 0) is 0 Å². The standard InChI is InChI=1S/3C9H13.In/c3*1-2-3-6-9-7-4-5-8-9;/h3*4-5,7-8H,2-3,6H2,1H3;. The monoisotopic (exact) mass is 478 g/mol. The SMILES string of the molecule is CCCC[C]1([In]([C]2(CCCC)C=CC=C2)[C]2(CCCC)C=CC=C2)C=CC=C1. The van der Waals surface area contributed by atoms with Gasteiger partial charge in [-0.1, -0.05) is 0 Å². The molecule has 0 saturated carbocycles. The summed E-state index contributed by atoms with van der Waals surface area (Å²) in [6.07, 6.45) is 42.0. The van der Waals surface area contributed by atoms with Crippen molar-refractivity contribution in [3.05, 3.63) is 72.9 Å². The molecule has 3 aliphatic carbocycles. The van der Waals surface area contributed by atoms with E-state index >= 15 is 0 Å². The molecule has 0 aromatic rings. The van der Waals surface area contributed by atoms with Crippen LogP contribution in [0.2, 0.25) is 9.51 Å². The van der Waals surface area contributed by atoms with Crippen molar-refractivity contribution < 1.29 is 0 Å². The summed E-state index contributed by atoms with van der Waals surface area (Å²) in [5.74, 6) is 0. The van der Waals surface area contributed by atoms with Crippen molar-refractivity contribution in [2.24, 2.45) is 0 Å². The van der Waals surface area contributed by atoms with Gasteiger partial charge in [-0.05, 0) is 0 Å². The summed E-state index contributed by atoms with van der Waals surface area (Å²) in [6, 6.07) is 0. The van der Waals surface area contributed by atoms with Crippen LogP contribution in [0.15, 0.2) is 72.9 Å². The van der Waals surface area contributed by atoms with Crippen LogP contribution in [-0.4, -0.2) is 21.4 Å². The zero-order valence-corrected chi connectivity index (χ0v) is 21.7. The average molecular weight is 478 g/mol. The van der Waals surface area contributed by atoms with Gasteiger partial charge in [0, 0.05) is 0 Å². The maximum absolute atomic E-state index is 2.64. The molecular weight excluding hydrogens is 439 g/mol. The molecule has 0 spiro atoms. The molecule has 0 aromatic carbocycles. The minimum atomic E-state index is -2.41. The van der Waals surface area contributed by atoms with Crippen molar-refractivity contribution in [3.63, 3.8) is 0 Å². The minimum absolute atomic E-state index is 0.358. The van der Waals surface area contributed by atoms with E-state index in [4.69, 9.17) is 0 Å². The zero-order valence-electron chi connectivity index (χ0n) is 18.4.